The van der Waals surface area contributed by atoms with E-state index in [0.29, 0.717) is 6.42 Å². The summed E-state index contributed by atoms with van der Waals surface area (Å²) in [6.07, 6.45) is -1.10. The first-order chi connectivity index (χ1) is 11.2. The zero-order valence-electron chi connectivity index (χ0n) is 12.9. The third kappa shape index (κ3) is 4.53. The van der Waals surface area contributed by atoms with Gasteiger partial charge in [-0.05, 0) is 12.8 Å². The lowest BCUT2D eigenvalue weighted by Gasteiger charge is -2.31. The van der Waals surface area contributed by atoms with Crippen LogP contribution >= 0.6 is 0 Å². The van der Waals surface area contributed by atoms with Crippen LogP contribution in [0.2, 0.25) is 0 Å². The van der Waals surface area contributed by atoms with Crippen molar-refractivity contribution in [3.05, 3.63) is 0 Å². The van der Waals surface area contributed by atoms with Gasteiger partial charge in [0.25, 0.3) is 0 Å². The highest BCUT2D eigenvalue weighted by molar-refractivity contribution is 4.87. The third-order valence-electron chi connectivity index (χ3n) is 4.01. The van der Waals surface area contributed by atoms with Crippen LogP contribution in [0.15, 0.2) is 0 Å². The Labute approximate surface area is 135 Å². The molecule has 3 unspecified atom stereocenters. The summed E-state index contributed by atoms with van der Waals surface area (Å²) in [7, 11) is 0. The van der Waals surface area contributed by atoms with E-state index in [0.717, 1.165) is 0 Å². The van der Waals surface area contributed by atoms with Crippen LogP contribution in [0.25, 0.3) is 0 Å². The zero-order valence-corrected chi connectivity index (χ0v) is 12.9. The molecule has 2 aliphatic rings. The molecular formula is C14H20F6O4. The fourth-order valence-electron chi connectivity index (χ4n) is 2.47. The summed E-state index contributed by atoms with van der Waals surface area (Å²) in [4.78, 5) is 0. The minimum Gasteiger partial charge on any atom is -0.347 e. The van der Waals surface area contributed by atoms with Gasteiger partial charge in [-0.3, -0.25) is 0 Å². The van der Waals surface area contributed by atoms with Gasteiger partial charge in [0.1, 0.15) is 26.6 Å². The Kier molecular flexibility index (Phi) is 6.38. The standard InChI is InChI=1S/C14H20F6O4/c15-6-10-2-3-11(24-10)21-8-13(17,18)14(19,20)9-23-12(7-16)4-1-5-22-12/h10-11H,1-9H2. The molecule has 2 aliphatic heterocycles. The van der Waals surface area contributed by atoms with Crippen LogP contribution < -0.4 is 0 Å². The van der Waals surface area contributed by atoms with E-state index >= 15 is 0 Å². The molecule has 0 aromatic rings. The molecule has 0 saturated carbocycles. The lowest BCUT2D eigenvalue weighted by atomic mass is 10.1. The van der Waals surface area contributed by atoms with Gasteiger partial charge in [-0.15, -0.1) is 0 Å². The maximum absolute atomic E-state index is 13.7. The molecule has 4 nitrogen and oxygen atoms in total. The van der Waals surface area contributed by atoms with Crippen molar-refractivity contribution < 1.29 is 45.3 Å². The molecule has 0 spiro atoms. The second kappa shape index (κ2) is 7.76. The van der Waals surface area contributed by atoms with Crippen molar-refractivity contribution in [3.63, 3.8) is 0 Å². The molecule has 0 aromatic heterocycles. The van der Waals surface area contributed by atoms with Crippen molar-refractivity contribution in [1.29, 1.82) is 0 Å². The monoisotopic (exact) mass is 366 g/mol. The van der Waals surface area contributed by atoms with Gasteiger partial charge in [-0.2, -0.15) is 17.6 Å². The summed E-state index contributed by atoms with van der Waals surface area (Å²) in [6.45, 7) is -5.20. The Bertz CT molecular complexity index is 403. The summed E-state index contributed by atoms with van der Waals surface area (Å²) in [5.41, 5.74) is 0. The molecule has 0 amide bonds. The fourth-order valence-corrected chi connectivity index (χ4v) is 2.47. The topological polar surface area (TPSA) is 36.9 Å². The fraction of sp³-hybridized carbons (Fsp3) is 1.00. The van der Waals surface area contributed by atoms with Crippen molar-refractivity contribution in [3.8, 4) is 0 Å². The molecule has 2 saturated heterocycles. The predicted octanol–water partition coefficient (Wildman–Crippen LogP) is 3.24. The van der Waals surface area contributed by atoms with Gasteiger partial charge in [-0.25, -0.2) is 8.78 Å². The minimum absolute atomic E-state index is 0.0161. The molecular weight excluding hydrogens is 346 g/mol. The SMILES string of the molecule is FCC1CCC(OCC(F)(F)C(F)(F)COC2(CF)CCCO2)O1. The smallest absolute Gasteiger partial charge is 0.335 e. The Morgan fingerprint density at radius 2 is 1.75 bits per heavy atom. The number of rotatable bonds is 9. The van der Waals surface area contributed by atoms with Crippen molar-refractivity contribution in [2.45, 2.75) is 55.7 Å². The highest BCUT2D eigenvalue weighted by Crippen LogP contribution is 2.38. The van der Waals surface area contributed by atoms with Gasteiger partial charge in [0.05, 0.1) is 12.7 Å². The third-order valence-corrected chi connectivity index (χ3v) is 4.01. The van der Waals surface area contributed by atoms with Gasteiger partial charge in [0.15, 0.2) is 12.1 Å². The molecule has 142 valence electrons. The van der Waals surface area contributed by atoms with Crippen LogP contribution in [0.4, 0.5) is 26.3 Å². The maximum Gasteiger partial charge on any atom is 0.335 e. The molecule has 0 aliphatic carbocycles. The maximum atomic E-state index is 13.7. The van der Waals surface area contributed by atoms with Gasteiger partial charge >= 0.3 is 11.8 Å². The van der Waals surface area contributed by atoms with Crippen LogP contribution in [-0.4, -0.2) is 63.2 Å². The summed E-state index contributed by atoms with van der Waals surface area (Å²) in [5, 5.41) is 0. The second-order valence-corrected chi connectivity index (χ2v) is 5.92. The number of alkyl halides is 6. The Balaban J connectivity index is 1.84. The first kappa shape index (κ1) is 19.7. The lowest BCUT2D eigenvalue weighted by Crippen LogP contribution is -2.50. The molecule has 0 radical (unpaired) electrons. The van der Waals surface area contributed by atoms with Crippen molar-refractivity contribution in [2.24, 2.45) is 0 Å². The second-order valence-electron chi connectivity index (χ2n) is 5.92. The van der Waals surface area contributed by atoms with E-state index in [1.165, 1.54) is 0 Å². The van der Waals surface area contributed by atoms with E-state index in [1.807, 2.05) is 0 Å². The van der Waals surface area contributed by atoms with Crippen LogP contribution in [0.1, 0.15) is 25.7 Å². The van der Waals surface area contributed by atoms with E-state index < -0.39 is 56.6 Å². The van der Waals surface area contributed by atoms with Crippen molar-refractivity contribution in [1.82, 2.24) is 0 Å². The minimum atomic E-state index is -4.58. The average Bonchev–Trinajstić information content (AvgIpc) is 3.21. The number of hydrogen-bond donors (Lipinski definition) is 0. The van der Waals surface area contributed by atoms with E-state index in [1.54, 1.807) is 0 Å². The number of ether oxygens (including phenoxy) is 4. The summed E-state index contributed by atoms with van der Waals surface area (Å²) < 4.78 is 99.2. The lowest BCUT2D eigenvalue weighted by molar-refractivity contribution is -0.304. The first-order valence-corrected chi connectivity index (χ1v) is 7.66. The highest BCUT2D eigenvalue weighted by Gasteiger charge is 2.58. The van der Waals surface area contributed by atoms with E-state index in [4.69, 9.17) is 9.47 Å². The van der Waals surface area contributed by atoms with Crippen molar-refractivity contribution >= 4 is 0 Å². The van der Waals surface area contributed by atoms with Crippen LogP contribution in [-0.2, 0) is 18.9 Å². The molecule has 2 heterocycles. The summed E-state index contributed by atoms with van der Waals surface area (Å²) in [6, 6.07) is 0. The molecule has 2 rings (SSSR count). The van der Waals surface area contributed by atoms with Gasteiger partial charge in [0.2, 0.25) is 0 Å². The Morgan fingerprint density at radius 1 is 1.04 bits per heavy atom. The van der Waals surface area contributed by atoms with E-state index in [9.17, 15) is 26.3 Å². The quantitative estimate of drug-likeness (QED) is 0.587. The predicted molar refractivity (Wildman–Crippen MR) is 69.6 cm³/mol. The van der Waals surface area contributed by atoms with Crippen LogP contribution in [0.3, 0.4) is 0 Å². The van der Waals surface area contributed by atoms with Gasteiger partial charge in [0, 0.05) is 12.8 Å². The molecule has 0 bridgehead atoms. The Hall–Kier alpha value is -0.580. The molecule has 0 aromatic carbocycles. The first-order valence-electron chi connectivity index (χ1n) is 7.66. The summed E-state index contributed by atoms with van der Waals surface area (Å²) >= 11 is 0. The molecule has 10 heteroatoms. The highest BCUT2D eigenvalue weighted by atomic mass is 19.3. The van der Waals surface area contributed by atoms with E-state index in [2.05, 4.69) is 9.47 Å². The molecule has 24 heavy (non-hydrogen) atoms. The molecule has 0 N–H and O–H groups in total. The summed E-state index contributed by atoms with van der Waals surface area (Å²) in [5.74, 6) is -11.0. The number of hydrogen-bond acceptors (Lipinski definition) is 4. The largest absolute Gasteiger partial charge is 0.347 e. The van der Waals surface area contributed by atoms with Crippen LogP contribution in [0, 0.1) is 0 Å². The molecule has 2 fully saturated rings. The van der Waals surface area contributed by atoms with Gasteiger partial charge in [-0.1, -0.05) is 0 Å². The number of halogens is 6. The average molecular weight is 366 g/mol. The molecule has 3 atom stereocenters. The van der Waals surface area contributed by atoms with Crippen molar-refractivity contribution in [2.75, 3.05) is 33.2 Å². The Morgan fingerprint density at radius 3 is 2.29 bits per heavy atom. The van der Waals surface area contributed by atoms with Gasteiger partial charge < -0.3 is 18.9 Å². The zero-order chi connectivity index (χ0) is 17.8. The normalized spacial score (nSPS) is 31.8. The van der Waals surface area contributed by atoms with Crippen LogP contribution in [0.5, 0.6) is 0 Å². The van der Waals surface area contributed by atoms with E-state index in [-0.39, 0.29) is 25.9 Å².